The molecule has 0 heterocycles. The molecule has 0 aliphatic heterocycles. The van der Waals surface area contributed by atoms with Crippen molar-refractivity contribution >= 4 is 33.2 Å². The topological polar surface area (TPSA) is 12.0 Å². The number of halogens is 2. The first-order valence-corrected chi connectivity index (χ1v) is 7.55. The molecule has 0 radical (unpaired) electrons. The highest BCUT2D eigenvalue weighted by molar-refractivity contribution is 9.10. The van der Waals surface area contributed by atoms with Crippen LogP contribution >= 0.6 is 27.5 Å². The zero-order chi connectivity index (χ0) is 13.8. The monoisotopic (exact) mass is 337 g/mol. The van der Waals surface area contributed by atoms with Crippen LogP contribution in [0.5, 0.6) is 0 Å². The van der Waals surface area contributed by atoms with Crippen LogP contribution in [-0.2, 0) is 0 Å². The Kier molecular flexibility index (Phi) is 4.89. The highest BCUT2D eigenvalue weighted by Gasteiger charge is 2.10. The first-order chi connectivity index (χ1) is 9.10. The van der Waals surface area contributed by atoms with Gasteiger partial charge < -0.3 is 5.32 Å². The van der Waals surface area contributed by atoms with Crippen molar-refractivity contribution in [3.8, 4) is 0 Å². The van der Waals surface area contributed by atoms with Gasteiger partial charge in [-0.05, 0) is 54.8 Å². The van der Waals surface area contributed by atoms with Crippen LogP contribution in [0.1, 0.15) is 30.5 Å². The van der Waals surface area contributed by atoms with E-state index in [0.717, 1.165) is 21.6 Å². The third kappa shape index (κ3) is 3.74. The Morgan fingerprint density at radius 2 is 1.84 bits per heavy atom. The molecular weight excluding hydrogens is 322 g/mol. The average molecular weight is 339 g/mol. The molecule has 2 aromatic rings. The molecule has 19 heavy (non-hydrogen) atoms. The quantitative estimate of drug-likeness (QED) is 0.723. The highest BCUT2D eigenvalue weighted by Crippen LogP contribution is 2.27. The van der Waals surface area contributed by atoms with Crippen molar-refractivity contribution in [2.75, 3.05) is 5.32 Å². The van der Waals surface area contributed by atoms with Gasteiger partial charge in [0, 0.05) is 15.2 Å². The Bertz CT molecular complexity index is 551. The van der Waals surface area contributed by atoms with Crippen LogP contribution in [0.3, 0.4) is 0 Å². The number of nitrogens with one attached hydrogen (secondary N) is 1. The summed E-state index contributed by atoms with van der Waals surface area (Å²) in [6.07, 6.45) is 1.03. The van der Waals surface area contributed by atoms with E-state index in [0.29, 0.717) is 6.04 Å². The molecule has 0 aromatic heterocycles. The van der Waals surface area contributed by atoms with Crippen LogP contribution < -0.4 is 5.32 Å². The molecule has 0 amide bonds. The van der Waals surface area contributed by atoms with Gasteiger partial charge in [0.1, 0.15) is 0 Å². The molecule has 1 unspecified atom stereocenters. The molecular formula is C16H17BrClN. The summed E-state index contributed by atoms with van der Waals surface area (Å²) >= 11 is 9.46. The Balaban J connectivity index is 2.21. The van der Waals surface area contributed by atoms with Crippen molar-refractivity contribution < 1.29 is 0 Å². The van der Waals surface area contributed by atoms with Crippen LogP contribution in [0.2, 0.25) is 5.02 Å². The molecule has 0 fully saturated rings. The molecule has 0 bridgehead atoms. The molecule has 0 spiro atoms. The van der Waals surface area contributed by atoms with Crippen molar-refractivity contribution in [3.63, 3.8) is 0 Å². The first-order valence-electron chi connectivity index (χ1n) is 6.38. The highest BCUT2D eigenvalue weighted by atomic mass is 79.9. The predicted molar refractivity (Wildman–Crippen MR) is 87.0 cm³/mol. The van der Waals surface area contributed by atoms with Crippen molar-refractivity contribution in [2.45, 2.75) is 26.3 Å². The van der Waals surface area contributed by atoms with E-state index in [-0.39, 0.29) is 0 Å². The number of benzene rings is 2. The molecule has 2 aromatic carbocycles. The zero-order valence-electron chi connectivity index (χ0n) is 11.1. The molecule has 3 heteroatoms. The predicted octanol–water partition coefficient (Wildman–Crippen LogP) is 5.97. The number of rotatable bonds is 4. The number of hydrogen-bond acceptors (Lipinski definition) is 1. The van der Waals surface area contributed by atoms with Gasteiger partial charge in [0.05, 0.1) is 6.04 Å². The van der Waals surface area contributed by atoms with Crippen LogP contribution in [0.25, 0.3) is 0 Å². The molecule has 1 nitrogen and oxygen atoms in total. The van der Waals surface area contributed by atoms with E-state index in [1.807, 2.05) is 18.2 Å². The summed E-state index contributed by atoms with van der Waals surface area (Å²) in [7, 11) is 0. The SMILES string of the molecule is CCC(Nc1ccc(Cl)cc1C)c1ccc(Br)cc1. The van der Waals surface area contributed by atoms with Gasteiger partial charge in [-0.2, -0.15) is 0 Å². The van der Waals surface area contributed by atoms with Crippen molar-refractivity contribution in [1.29, 1.82) is 0 Å². The fraction of sp³-hybridized carbons (Fsp3) is 0.250. The third-order valence-electron chi connectivity index (χ3n) is 3.20. The lowest BCUT2D eigenvalue weighted by Crippen LogP contribution is -2.10. The minimum atomic E-state index is 0.313. The van der Waals surface area contributed by atoms with Gasteiger partial charge in [0.25, 0.3) is 0 Å². The number of hydrogen-bond donors (Lipinski definition) is 1. The lowest BCUT2D eigenvalue weighted by molar-refractivity contribution is 0.748. The summed E-state index contributed by atoms with van der Waals surface area (Å²) < 4.78 is 1.11. The van der Waals surface area contributed by atoms with E-state index >= 15 is 0 Å². The van der Waals surface area contributed by atoms with Gasteiger partial charge in [-0.1, -0.05) is 46.6 Å². The second-order valence-corrected chi connectivity index (χ2v) is 5.97. The lowest BCUT2D eigenvalue weighted by atomic mass is 10.0. The maximum absolute atomic E-state index is 5.99. The van der Waals surface area contributed by atoms with E-state index in [2.05, 4.69) is 59.4 Å². The molecule has 1 atom stereocenters. The van der Waals surface area contributed by atoms with Crippen molar-refractivity contribution in [1.82, 2.24) is 0 Å². The largest absolute Gasteiger partial charge is 0.378 e. The Morgan fingerprint density at radius 3 is 2.42 bits per heavy atom. The van der Waals surface area contributed by atoms with E-state index in [1.165, 1.54) is 11.1 Å². The van der Waals surface area contributed by atoms with E-state index in [4.69, 9.17) is 11.6 Å². The molecule has 0 aliphatic rings. The summed E-state index contributed by atoms with van der Waals surface area (Å²) in [5, 5.41) is 4.36. The van der Waals surface area contributed by atoms with E-state index in [9.17, 15) is 0 Å². The maximum Gasteiger partial charge on any atom is 0.0511 e. The van der Waals surface area contributed by atoms with Crippen LogP contribution in [0, 0.1) is 6.92 Å². The van der Waals surface area contributed by atoms with Gasteiger partial charge in [-0.25, -0.2) is 0 Å². The lowest BCUT2D eigenvalue weighted by Gasteiger charge is -2.20. The van der Waals surface area contributed by atoms with Crippen molar-refractivity contribution in [2.24, 2.45) is 0 Å². The maximum atomic E-state index is 5.99. The summed E-state index contributed by atoms with van der Waals surface area (Å²) in [5.41, 5.74) is 3.60. The van der Waals surface area contributed by atoms with Gasteiger partial charge in [-0.3, -0.25) is 0 Å². The Hall–Kier alpha value is -0.990. The third-order valence-corrected chi connectivity index (χ3v) is 3.96. The van der Waals surface area contributed by atoms with Gasteiger partial charge in [0.2, 0.25) is 0 Å². The Labute approximate surface area is 128 Å². The standard InChI is InChI=1S/C16H17BrClN/c1-3-15(12-4-6-13(17)7-5-12)19-16-9-8-14(18)10-11(16)2/h4-10,15,19H,3H2,1-2H3. The van der Waals surface area contributed by atoms with Crippen molar-refractivity contribution in [3.05, 3.63) is 63.1 Å². The number of aryl methyl sites for hydroxylation is 1. The van der Waals surface area contributed by atoms with Crippen LogP contribution in [0.4, 0.5) is 5.69 Å². The van der Waals surface area contributed by atoms with E-state index in [1.54, 1.807) is 0 Å². The molecule has 0 saturated heterocycles. The van der Waals surface area contributed by atoms with Crippen LogP contribution in [0.15, 0.2) is 46.9 Å². The number of anilines is 1. The zero-order valence-corrected chi connectivity index (χ0v) is 13.4. The Morgan fingerprint density at radius 1 is 1.16 bits per heavy atom. The first kappa shape index (κ1) is 14.4. The van der Waals surface area contributed by atoms with Gasteiger partial charge in [0.15, 0.2) is 0 Å². The fourth-order valence-electron chi connectivity index (χ4n) is 2.09. The normalized spacial score (nSPS) is 12.2. The molecule has 0 aliphatic carbocycles. The minimum absolute atomic E-state index is 0.313. The molecule has 0 saturated carbocycles. The molecule has 2 rings (SSSR count). The van der Waals surface area contributed by atoms with Crippen LogP contribution in [-0.4, -0.2) is 0 Å². The fourth-order valence-corrected chi connectivity index (χ4v) is 2.58. The van der Waals surface area contributed by atoms with Gasteiger partial charge in [-0.15, -0.1) is 0 Å². The summed E-state index contributed by atoms with van der Waals surface area (Å²) in [6.45, 7) is 4.26. The average Bonchev–Trinajstić information content (AvgIpc) is 2.39. The smallest absolute Gasteiger partial charge is 0.0511 e. The summed E-state index contributed by atoms with van der Waals surface area (Å²) in [4.78, 5) is 0. The second kappa shape index (κ2) is 6.44. The summed E-state index contributed by atoms with van der Waals surface area (Å²) in [5.74, 6) is 0. The minimum Gasteiger partial charge on any atom is -0.378 e. The summed E-state index contributed by atoms with van der Waals surface area (Å²) in [6, 6.07) is 14.7. The van der Waals surface area contributed by atoms with Gasteiger partial charge >= 0.3 is 0 Å². The molecule has 100 valence electrons. The van der Waals surface area contributed by atoms with E-state index < -0.39 is 0 Å². The second-order valence-electron chi connectivity index (χ2n) is 4.62. The molecule has 1 N–H and O–H groups in total.